The van der Waals surface area contributed by atoms with Gasteiger partial charge in [-0.2, -0.15) is 5.26 Å². The monoisotopic (exact) mass is 382 g/mol. The van der Waals surface area contributed by atoms with Crippen LogP contribution in [0.25, 0.3) is 0 Å². The molecule has 2 aromatic heterocycles. The summed E-state index contributed by atoms with van der Waals surface area (Å²) in [6.45, 7) is 0. The fourth-order valence-electron chi connectivity index (χ4n) is 2.36. The number of benzene rings is 1. The Morgan fingerprint density at radius 2 is 1.85 bits per heavy atom. The zero-order valence-corrected chi connectivity index (χ0v) is 15.2. The van der Waals surface area contributed by atoms with E-state index in [2.05, 4.69) is 5.32 Å². The zero-order valence-electron chi connectivity index (χ0n) is 14.4. The quantitative estimate of drug-likeness (QED) is 0.743. The van der Waals surface area contributed by atoms with Crippen LogP contribution in [-0.2, 0) is 14.1 Å². The van der Waals surface area contributed by atoms with E-state index in [4.69, 9.17) is 4.74 Å². The molecule has 0 aliphatic carbocycles. The smallest absolute Gasteiger partial charge is 0.333 e. The van der Waals surface area contributed by atoms with E-state index in [1.165, 1.54) is 25.4 Å². The third-order valence-corrected chi connectivity index (χ3v) is 4.66. The molecular weight excluding hydrogens is 368 g/mol. The van der Waals surface area contributed by atoms with Crippen LogP contribution in [0, 0.1) is 11.3 Å². The van der Waals surface area contributed by atoms with Crippen LogP contribution in [-0.4, -0.2) is 15.0 Å². The van der Waals surface area contributed by atoms with E-state index >= 15 is 0 Å². The Balaban J connectivity index is 1.86. The lowest BCUT2D eigenvalue weighted by atomic mass is 10.3. The normalized spacial score (nSPS) is 10.3. The maximum atomic E-state index is 12.1. The molecule has 0 radical (unpaired) electrons. The van der Waals surface area contributed by atoms with Gasteiger partial charge in [-0.1, -0.05) is 6.07 Å². The van der Waals surface area contributed by atoms with Crippen molar-refractivity contribution in [3.05, 3.63) is 73.1 Å². The SMILES string of the molecule is Cn1c(Oc2ccc(NC(=O)c3cccs3)cc2)c(C#N)c(=O)n(C)c1=O. The Morgan fingerprint density at radius 1 is 1.15 bits per heavy atom. The number of carbonyl (C=O) groups excluding carboxylic acids is 1. The average Bonchev–Trinajstić information content (AvgIpc) is 3.21. The second kappa shape index (κ2) is 7.31. The maximum absolute atomic E-state index is 12.1. The van der Waals surface area contributed by atoms with Gasteiger partial charge in [0.2, 0.25) is 5.88 Å². The van der Waals surface area contributed by atoms with Crippen molar-refractivity contribution in [2.45, 2.75) is 0 Å². The highest BCUT2D eigenvalue weighted by molar-refractivity contribution is 7.12. The second-order valence-corrected chi connectivity index (χ2v) is 6.50. The summed E-state index contributed by atoms with van der Waals surface area (Å²) < 4.78 is 7.53. The summed E-state index contributed by atoms with van der Waals surface area (Å²) in [7, 11) is 2.70. The Bertz CT molecular complexity index is 1150. The van der Waals surface area contributed by atoms with Gasteiger partial charge in [-0.25, -0.2) is 4.79 Å². The molecule has 3 rings (SSSR count). The van der Waals surface area contributed by atoms with E-state index in [0.29, 0.717) is 16.3 Å². The van der Waals surface area contributed by atoms with Crippen molar-refractivity contribution in [2.24, 2.45) is 14.1 Å². The third-order valence-electron chi connectivity index (χ3n) is 3.79. The molecule has 0 atom stereocenters. The third kappa shape index (κ3) is 3.51. The summed E-state index contributed by atoms with van der Waals surface area (Å²) >= 11 is 1.33. The fraction of sp³-hybridized carbons (Fsp3) is 0.111. The van der Waals surface area contributed by atoms with Crippen LogP contribution >= 0.6 is 11.3 Å². The van der Waals surface area contributed by atoms with Gasteiger partial charge in [0.05, 0.1) is 4.88 Å². The van der Waals surface area contributed by atoms with Gasteiger partial charge in [-0.15, -0.1) is 11.3 Å². The lowest BCUT2D eigenvalue weighted by molar-refractivity contribution is 0.103. The molecule has 1 amide bonds. The number of hydrogen-bond acceptors (Lipinski definition) is 6. The highest BCUT2D eigenvalue weighted by atomic mass is 32.1. The van der Waals surface area contributed by atoms with Gasteiger partial charge >= 0.3 is 5.69 Å². The van der Waals surface area contributed by atoms with Gasteiger partial charge in [0, 0.05) is 19.8 Å². The van der Waals surface area contributed by atoms with Crippen molar-refractivity contribution in [1.82, 2.24) is 9.13 Å². The number of carbonyl (C=O) groups is 1. The van der Waals surface area contributed by atoms with Gasteiger partial charge < -0.3 is 10.1 Å². The first-order valence-electron chi connectivity index (χ1n) is 7.75. The molecule has 9 heteroatoms. The van der Waals surface area contributed by atoms with Crippen LogP contribution in [0.3, 0.4) is 0 Å². The predicted molar refractivity (Wildman–Crippen MR) is 100 cm³/mol. The van der Waals surface area contributed by atoms with Crippen molar-refractivity contribution in [3.8, 4) is 17.7 Å². The van der Waals surface area contributed by atoms with E-state index in [1.807, 2.05) is 5.38 Å². The number of ether oxygens (including phenoxy) is 1. The molecule has 0 unspecified atom stereocenters. The highest BCUT2D eigenvalue weighted by Crippen LogP contribution is 2.24. The molecule has 0 aliphatic rings. The van der Waals surface area contributed by atoms with Crippen LogP contribution in [0.4, 0.5) is 5.69 Å². The first-order chi connectivity index (χ1) is 12.9. The topological polar surface area (TPSA) is 106 Å². The van der Waals surface area contributed by atoms with Crippen LogP contribution in [0.5, 0.6) is 11.6 Å². The lowest BCUT2D eigenvalue weighted by Gasteiger charge is -2.13. The average molecular weight is 382 g/mol. The number of nitrogens with one attached hydrogen (secondary N) is 1. The van der Waals surface area contributed by atoms with Crippen LogP contribution in [0.2, 0.25) is 0 Å². The summed E-state index contributed by atoms with van der Waals surface area (Å²) in [5.74, 6) is -0.0516. The van der Waals surface area contributed by atoms with Crippen LogP contribution < -0.4 is 21.3 Å². The van der Waals surface area contributed by atoms with Gasteiger partial charge in [-0.3, -0.25) is 18.7 Å². The molecule has 0 saturated heterocycles. The molecule has 0 saturated carbocycles. The molecule has 0 bridgehead atoms. The molecule has 136 valence electrons. The number of hydrogen-bond donors (Lipinski definition) is 1. The van der Waals surface area contributed by atoms with Crippen LogP contribution in [0.15, 0.2) is 51.4 Å². The summed E-state index contributed by atoms with van der Waals surface area (Å²) in [4.78, 5) is 36.7. The molecule has 27 heavy (non-hydrogen) atoms. The molecule has 3 aromatic rings. The second-order valence-electron chi connectivity index (χ2n) is 5.56. The molecule has 0 fully saturated rings. The molecule has 0 spiro atoms. The molecule has 1 N–H and O–H groups in total. The van der Waals surface area contributed by atoms with E-state index in [1.54, 1.807) is 42.5 Å². The number of nitrogens with zero attached hydrogens (tertiary/aromatic N) is 3. The largest absolute Gasteiger partial charge is 0.439 e. The first kappa shape index (κ1) is 18.2. The van der Waals surface area contributed by atoms with Crippen LogP contribution in [0.1, 0.15) is 15.2 Å². The highest BCUT2D eigenvalue weighted by Gasteiger charge is 2.17. The van der Waals surface area contributed by atoms with Gasteiger partial charge in [0.25, 0.3) is 11.5 Å². The van der Waals surface area contributed by atoms with Gasteiger partial charge in [-0.05, 0) is 35.7 Å². The van der Waals surface area contributed by atoms with E-state index in [0.717, 1.165) is 9.13 Å². The number of thiophene rings is 1. The Hall–Kier alpha value is -3.64. The van der Waals surface area contributed by atoms with Crippen molar-refractivity contribution < 1.29 is 9.53 Å². The first-order valence-corrected chi connectivity index (χ1v) is 8.63. The summed E-state index contributed by atoms with van der Waals surface area (Å²) in [5.41, 5.74) is -1.04. The number of amides is 1. The van der Waals surface area contributed by atoms with E-state index in [-0.39, 0.29) is 17.4 Å². The number of anilines is 1. The lowest BCUT2D eigenvalue weighted by Crippen LogP contribution is -2.38. The van der Waals surface area contributed by atoms with E-state index < -0.39 is 11.2 Å². The number of rotatable bonds is 4. The Labute approximate surface area is 157 Å². The van der Waals surface area contributed by atoms with Gasteiger partial charge in [0.1, 0.15) is 11.8 Å². The minimum atomic E-state index is -0.726. The maximum Gasteiger partial charge on any atom is 0.333 e. The van der Waals surface area contributed by atoms with Crippen molar-refractivity contribution in [1.29, 1.82) is 5.26 Å². The van der Waals surface area contributed by atoms with E-state index in [9.17, 15) is 19.6 Å². The summed E-state index contributed by atoms with van der Waals surface area (Å²) in [6, 6.07) is 11.6. The molecule has 8 nitrogen and oxygen atoms in total. The zero-order chi connectivity index (χ0) is 19.6. The number of aromatic nitrogens is 2. The Kier molecular flexibility index (Phi) is 4.92. The summed E-state index contributed by atoms with van der Waals surface area (Å²) in [5, 5.41) is 13.8. The van der Waals surface area contributed by atoms with Crippen molar-refractivity contribution >= 4 is 22.9 Å². The van der Waals surface area contributed by atoms with Crippen molar-refractivity contribution in [3.63, 3.8) is 0 Å². The van der Waals surface area contributed by atoms with Crippen molar-refractivity contribution in [2.75, 3.05) is 5.32 Å². The summed E-state index contributed by atoms with van der Waals surface area (Å²) in [6.07, 6.45) is 0. The molecule has 0 aliphatic heterocycles. The predicted octanol–water partition coefficient (Wildman–Crippen LogP) is 2.06. The fourth-order valence-corrected chi connectivity index (χ4v) is 2.98. The van der Waals surface area contributed by atoms with Gasteiger partial charge in [0.15, 0.2) is 5.56 Å². The molecule has 1 aromatic carbocycles. The standard InChI is InChI=1S/C18H14N4O4S/c1-21-16(24)13(10-19)17(22(2)18(21)25)26-12-7-5-11(6-8-12)20-15(23)14-4-3-9-27-14/h3-9H,1-2H3,(H,20,23). The minimum Gasteiger partial charge on any atom is -0.439 e. The minimum absolute atomic E-state index is 0.138. The molecule has 2 heterocycles. The Morgan fingerprint density at radius 3 is 2.44 bits per heavy atom. The number of nitriles is 1. The molecular formula is C18H14N4O4S.